The van der Waals surface area contributed by atoms with E-state index in [-0.39, 0.29) is 23.2 Å². The quantitative estimate of drug-likeness (QED) is 0.242. The lowest BCUT2D eigenvalue weighted by Crippen LogP contribution is -2.35. The van der Waals surface area contributed by atoms with Gasteiger partial charge in [0.15, 0.2) is 5.82 Å². The second-order valence-corrected chi connectivity index (χ2v) is 12.6. The predicted octanol–water partition coefficient (Wildman–Crippen LogP) is 6.61. The number of hydrogen-bond donors (Lipinski definition) is 2. The van der Waals surface area contributed by atoms with Crippen molar-refractivity contribution in [3.05, 3.63) is 100.0 Å². The number of hydrogen-bond acceptors (Lipinski definition) is 6. The van der Waals surface area contributed by atoms with Gasteiger partial charge in [0.25, 0.3) is 17.4 Å². The number of likely N-dealkylation sites (tertiary alicyclic amines) is 1. The highest BCUT2D eigenvalue weighted by molar-refractivity contribution is 6.05. The number of carbonyl (C=O) groups excluding carboxylic acids is 2. The van der Waals surface area contributed by atoms with E-state index in [1.54, 1.807) is 37.5 Å². The Balaban J connectivity index is 1.17. The summed E-state index contributed by atoms with van der Waals surface area (Å²) >= 11 is 0. The van der Waals surface area contributed by atoms with Crippen molar-refractivity contribution in [3.63, 3.8) is 0 Å². The molecule has 2 saturated heterocycles. The Morgan fingerprint density at radius 2 is 1.52 bits per heavy atom. The largest absolute Gasteiger partial charge is 0.372 e. The van der Waals surface area contributed by atoms with Crippen molar-refractivity contribution < 1.29 is 9.59 Å². The molecule has 2 fully saturated rings. The minimum atomic E-state index is -0.276. The fourth-order valence-electron chi connectivity index (χ4n) is 6.26. The summed E-state index contributed by atoms with van der Waals surface area (Å²) in [4.78, 5) is 48.1. The fourth-order valence-corrected chi connectivity index (χ4v) is 6.26. The Kier molecular flexibility index (Phi) is 9.19. The number of piperidine rings is 2. The molecule has 0 spiro atoms. The van der Waals surface area contributed by atoms with Crippen molar-refractivity contribution in [2.24, 2.45) is 13.0 Å². The average Bonchev–Trinajstić information content (AvgIpc) is 3.08. The van der Waals surface area contributed by atoms with E-state index in [9.17, 15) is 14.4 Å². The van der Waals surface area contributed by atoms with Gasteiger partial charge < -0.3 is 25.0 Å². The molecule has 46 heavy (non-hydrogen) atoms. The lowest BCUT2D eigenvalue weighted by atomic mass is 9.98. The third-order valence-corrected chi connectivity index (χ3v) is 9.25. The SMILES string of the molecule is Cc1c(NC(=O)c2ccc(N3CCC(C)CC3)cc2)cccc1-c1cn(C)c(=O)c(Nc2ccc(C(=O)N3CCCCC3)cc2)n1. The molecule has 238 valence electrons. The van der Waals surface area contributed by atoms with Gasteiger partial charge in [-0.3, -0.25) is 14.4 Å². The standard InChI is InChI=1S/C37H42N6O3/c1-25-18-22-42(23-19-25)30-16-12-27(13-17-30)35(44)40-32-9-7-8-31(26(32)2)33-24-41(3)37(46)34(39-33)38-29-14-10-28(11-15-29)36(45)43-20-5-4-6-21-43/h7-17,24-25H,4-6,18-23H2,1-3H3,(H,38,39)(H,40,44). The van der Waals surface area contributed by atoms with Crippen LogP contribution in [0.2, 0.25) is 0 Å². The number of rotatable bonds is 7. The van der Waals surface area contributed by atoms with E-state index < -0.39 is 0 Å². The first-order chi connectivity index (χ1) is 22.3. The van der Waals surface area contributed by atoms with E-state index in [0.717, 1.165) is 61.8 Å². The first-order valence-corrected chi connectivity index (χ1v) is 16.3. The lowest BCUT2D eigenvalue weighted by molar-refractivity contribution is 0.0724. The third-order valence-electron chi connectivity index (χ3n) is 9.25. The molecule has 9 nitrogen and oxygen atoms in total. The summed E-state index contributed by atoms with van der Waals surface area (Å²) in [5.41, 5.74) is 5.66. The van der Waals surface area contributed by atoms with Crippen LogP contribution in [0.1, 0.15) is 65.3 Å². The molecule has 0 saturated carbocycles. The molecule has 6 rings (SSSR count). The summed E-state index contributed by atoms with van der Waals surface area (Å²) in [7, 11) is 1.69. The monoisotopic (exact) mass is 618 g/mol. The molecule has 4 aromatic rings. The minimum Gasteiger partial charge on any atom is -0.372 e. The van der Waals surface area contributed by atoms with E-state index in [2.05, 4.69) is 22.5 Å². The summed E-state index contributed by atoms with van der Waals surface area (Å²) < 4.78 is 1.49. The molecule has 0 atom stereocenters. The Labute approximate surface area is 270 Å². The Morgan fingerprint density at radius 3 is 2.22 bits per heavy atom. The molecular formula is C37H42N6O3. The molecule has 0 radical (unpaired) electrons. The van der Waals surface area contributed by atoms with E-state index >= 15 is 0 Å². The molecule has 3 aromatic carbocycles. The molecule has 2 amide bonds. The number of benzene rings is 3. The van der Waals surface area contributed by atoms with E-state index in [1.807, 2.05) is 54.3 Å². The van der Waals surface area contributed by atoms with Crippen LogP contribution in [-0.4, -0.2) is 52.4 Å². The van der Waals surface area contributed by atoms with Crippen LogP contribution in [-0.2, 0) is 7.05 Å². The normalized spacial score (nSPS) is 15.5. The number of amides is 2. The Hall–Kier alpha value is -4.92. The highest BCUT2D eigenvalue weighted by Crippen LogP contribution is 2.29. The number of aromatic nitrogens is 2. The zero-order chi connectivity index (χ0) is 32.2. The number of carbonyl (C=O) groups is 2. The van der Waals surface area contributed by atoms with Gasteiger partial charge in [-0.15, -0.1) is 0 Å². The van der Waals surface area contributed by atoms with Crippen molar-refractivity contribution in [2.45, 2.75) is 46.0 Å². The van der Waals surface area contributed by atoms with Gasteiger partial charge in [0.1, 0.15) is 0 Å². The van der Waals surface area contributed by atoms with E-state index in [4.69, 9.17) is 4.98 Å². The maximum Gasteiger partial charge on any atom is 0.293 e. The van der Waals surface area contributed by atoms with Gasteiger partial charge in [0.2, 0.25) is 0 Å². The zero-order valence-corrected chi connectivity index (χ0v) is 26.9. The summed E-state index contributed by atoms with van der Waals surface area (Å²) in [5.74, 6) is 0.789. The molecule has 1 aromatic heterocycles. The minimum absolute atomic E-state index is 0.0360. The number of anilines is 4. The predicted molar refractivity (Wildman–Crippen MR) is 184 cm³/mol. The number of nitrogens with zero attached hydrogens (tertiary/aromatic N) is 4. The van der Waals surface area contributed by atoms with Crippen LogP contribution in [0.3, 0.4) is 0 Å². The van der Waals surface area contributed by atoms with Crippen molar-refractivity contribution in [2.75, 3.05) is 41.7 Å². The molecule has 9 heteroatoms. The van der Waals surface area contributed by atoms with Gasteiger partial charge in [0, 0.05) is 73.2 Å². The van der Waals surface area contributed by atoms with Crippen LogP contribution < -0.4 is 21.1 Å². The summed E-state index contributed by atoms with van der Waals surface area (Å²) in [6.07, 6.45) is 7.32. The Morgan fingerprint density at radius 1 is 0.848 bits per heavy atom. The molecule has 2 aliphatic rings. The highest BCUT2D eigenvalue weighted by Gasteiger charge is 2.20. The number of aryl methyl sites for hydroxylation is 1. The topological polar surface area (TPSA) is 99.6 Å². The molecule has 0 unspecified atom stereocenters. The van der Waals surface area contributed by atoms with Gasteiger partial charge in [-0.05, 0) is 105 Å². The van der Waals surface area contributed by atoms with Crippen LogP contribution in [0, 0.1) is 12.8 Å². The maximum absolute atomic E-state index is 13.2. The number of nitrogens with one attached hydrogen (secondary N) is 2. The molecule has 0 bridgehead atoms. The van der Waals surface area contributed by atoms with Crippen LogP contribution in [0.25, 0.3) is 11.3 Å². The highest BCUT2D eigenvalue weighted by atomic mass is 16.2. The van der Waals surface area contributed by atoms with Crippen LogP contribution in [0.4, 0.5) is 22.9 Å². The Bertz CT molecular complexity index is 1770. The van der Waals surface area contributed by atoms with E-state index in [1.165, 1.54) is 23.8 Å². The van der Waals surface area contributed by atoms with Crippen molar-refractivity contribution in [1.82, 2.24) is 14.5 Å². The van der Waals surface area contributed by atoms with Gasteiger partial charge >= 0.3 is 0 Å². The van der Waals surface area contributed by atoms with Crippen molar-refractivity contribution in [3.8, 4) is 11.3 Å². The molecule has 3 heterocycles. The third kappa shape index (κ3) is 6.83. The smallest absolute Gasteiger partial charge is 0.293 e. The second-order valence-electron chi connectivity index (χ2n) is 12.6. The molecule has 2 N–H and O–H groups in total. The molecule has 0 aliphatic carbocycles. The van der Waals surface area contributed by atoms with Crippen LogP contribution in [0.5, 0.6) is 0 Å². The van der Waals surface area contributed by atoms with E-state index in [0.29, 0.717) is 28.2 Å². The molecular weight excluding hydrogens is 576 g/mol. The maximum atomic E-state index is 13.2. The van der Waals surface area contributed by atoms with Gasteiger partial charge in [-0.2, -0.15) is 0 Å². The zero-order valence-electron chi connectivity index (χ0n) is 26.9. The second kappa shape index (κ2) is 13.6. The lowest BCUT2D eigenvalue weighted by Gasteiger charge is -2.32. The summed E-state index contributed by atoms with van der Waals surface area (Å²) in [5, 5.41) is 6.21. The van der Waals surface area contributed by atoms with Gasteiger partial charge in [-0.1, -0.05) is 19.1 Å². The van der Waals surface area contributed by atoms with Crippen molar-refractivity contribution >= 4 is 34.7 Å². The summed E-state index contributed by atoms with van der Waals surface area (Å²) in [6, 6.07) is 20.6. The first-order valence-electron chi connectivity index (χ1n) is 16.3. The van der Waals surface area contributed by atoms with Crippen LogP contribution in [0.15, 0.2) is 77.7 Å². The summed E-state index contributed by atoms with van der Waals surface area (Å²) in [6.45, 7) is 7.90. The van der Waals surface area contributed by atoms with Gasteiger partial charge in [0.05, 0.1) is 5.69 Å². The van der Waals surface area contributed by atoms with Gasteiger partial charge in [-0.25, -0.2) is 4.98 Å². The van der Waals surface area contributed by atoms with Crippen LogP contribution >= 0.6 is 0 Å². The van der Waals surface area contributed by atoms with Crippen molar-refractivity contribution in [1.29, 1.82) is 0 Å². The first kappa shape index (κ1) is 31.1. The fraction of sp³-hybridized carbons (Fsp3) is 0.351. The molecule has 2 aliphatic heterocycles. The average molecular weight is 619 g/mol.